The molecule has 2 aliphatic carbocycles. The maximum absolute atomic E-state index is 13.0. The summed E-state index contributed by atoms with van der Waals surface area (Å²) in [5.74, 6) is 0.710. The Morgan fingerprint density at radius 1 is 1.14 bits per heavy atom. The topological polar surface area (TPSA) is 45.7 Å². The lowest BCUT2D eigenvalue weighted by molar-refractivity contribution is -0.137. The minimum absolute atomic E-state index is 0.233. The van der Waals surface area contributed by atoms with E-state index >= 15 is 0 Å². The number of ether oxygens (including phenoxy) is 1. The summed E-state index contributed by atoms with van der Waals surface area (Å²) < 4.78 is 44.3. The zero-order valence-electron chi connectivity index (χ0n) is 16.7. The molecule has 7 heteroatoms. The molecule has 0 atom stereocenters. The summed E-state index contributed by atoms with van der Waals surface area (Å²) in [4.78, 5) is 4.29. The van der Waals surface area contributed by atoms with Crippen molar-refractivity contribution >= 4 is 5.96 Å². The van der Waals surface area contributed by atoms with Crippen molar-refractivity contribution in [2.75, 3.05) is 33.9 Å². The number of guanidine groups is 1. The monoisotopic (exact) mass is 397 g/mol. The summed E-state index contributed by atoms with van der Waals surface area (Å²) in [5.41, 5.74) is 0.208. The number of alkyl halides is 3. The normalized spacial score (nSPS) is 20.4. The van der Waals surface area contributed by atoms with E-state index in [4.69, 9.17) is 4.74 Å². The highest BCUT2D eigenvalue weighted by Gasteiger charge is 2.45. The molecule has 0 heterocycles. The molecule has 3 rings (SSSR count). The molecule has 2 fully saturated rings. The van der Waals surface area contributed by atoms with Crippen molar-refractivity contribution in [3.8, 4) is 0 Å². The highest BCUT2D eigenvalue weighted by Crippen LogP contribution is 2.48. The van der Waals surface area contributed by atoms with Gasteiger partial charge in [-0.15, -0.1) is 0 Å². The van der Waals surface area contributed by atoms with E-state index in [0.717, 1.165) is 44.0 Å². The molecule has 2 N–H and O–H groups in total. The van der Waals surface area contributed by atoms with Crippen molar-refractivity contribution in [2.24, 2.45) is 10.4 Å². The molecular formula is C21H30F3N3O. The number of halogens is 3. The van der Waals surface area contributed by atoms with E-state index in [1.807, 2.05) is 0 Å². The largest absolute Gasteiger partial charge is 0.416 e. The molecule has 0 spiro atoms. The van der Waals surface area contributed by atoms with Crippen LogP contribution in [0, 0.1) is 5.41 Å². The van der Waals surface area contributed by atoms with Gasteiger partial charge in [0.2, 0.25) is 0 Å². The Morgan fingerprint density at radius 3 is 2.39 bits per heavy atom. The molecule has 0 unspecified atom stereocenters. The fourth-order valence-corrected chi connectivity index (χ4v) is 4.00. The van der Waals surface area contributed by atoms with E-state index in [9.17, 15) is 13.2 Å². The van der Waals surface area contributed by atoms with Crippen LogP contribution in [-0.4, -0.2) is 39.8 Å². The molecule has 2 saturated carbocycles. The molecule has 0 bridgehead atoms. The second-order valence-corrected chi connectivity index (χ2v) is 8.23. The van der Waals surface area contributed by atoms with Crippen LogP contribution in [0.1, 0.15) is 49.7 Å². The van der Waals surface area contributed by atoms with Gasteiger partial charge in [-0.1, -0.05) is 24.6 Å². The van der Waals surface area contributed by atoms with Gasteiger partial charge in [0.15, 0.2) is 5.96 Å². The molecule has 2 aliphatic rings. The Morgan fingerprint density at radius 2 is 1.86 bits per heavy atom. The van der Waals surface area contributed by atoms with Crippen LogP contribution in [0.25, 0.3) is 0 Å². The molecule has 4 nitrogen and oxygen atoms in total. The lowest BCUT2D eigenvalue weighted by Crippen LogP contribution is -2.48. The molecule has 0 saturated heterocycles. The number of nitrogens with zero attached hydrogens (tertiary/aromatic N) is 1. The van der Waals surface area contributed by atoms with E-state index in [2.05, 4.69) is 15.6 Å². The second-order valence-electron chi connectivity index (χ2n) is 8.23. The van der Waals surface area contributed by atoms with Gasteiger partial charge in [-0.25, -0.2) is 0 Å². The van der Waals surface area contributed by atoms with Crippen molar-refractivity contribution in [2.45, 2.75) is 50.1 Å². The number of methoxy groups -OCH3 is 1. The Bertz CT molecular complexity index is 694. The first kappa shape index (κ1) is 21.0. The lowest BCUT2D eigenvalue weighted by Gasteiger charge is -2.42. The zero-order valence-corrected chi connectivity index (χ0v) is 16.7. The zero-order chi connectivity index (χ0) is 20.3. The summed E-state index contributed by atoms with van der Waals surface area (Å²) >= 11 is 0. The quantitative estimate of drug-likeness (QED) is 0.513. The molecule has 1 aromatic carbocycles. The molecule has 156 valence electrons. The predicted molar refractivity (Wildman–Crippen MR) is 104 cm³/mol. The van der Waals surface area contributed by atoms with Gasteiger partial charge < -0.3 is 15.4 Å². The maximum Gasteiger partial charge on any atom is 0.416 e. The van der Waals surface area contributed by atoms with Crippen LogP contribution in [0.3, 0.4) is 0 Å². The molecule has 0 aromatic heterocycles. The fourth-order valence-electron chi connectivity index (χ4n) is 4.00. The lowest BCUT2D eigenvalue weighted by atomic mass is 9.67. The second kappa shape index (κ2) is 8.31. The standard InChI is InChI=1S/C21H30F3N3O/c1-25-18(26-14-19(7-4-8-19)11-12-28-2)27-15-20(9-10-20)16-5-3-6-17(13-16)21(22,23)24/h3,5-6,13H,4,7-12,14-15H2,1-2H3,(H2,25,26,27). The van der Waals surface area contributed by atoms with Gasteiger partial charge in [0, 0.05) is 39.3 Å². The van der Waals surface area contributed by atoms with Crippen molar-refractivity contribution in [3.05, 3.63) is 35.4 Å². The van der Waals surface area contributed by atoms with Crippen LogP contribution < -0.4 is 10.6 Å². The summed E-state index contributed by atoms with van der Waals surface area (Å²) in [6.07, 6.45) is 2.11. The van der Waals surface area contributed by atoms with Crippen LogP contribution in [0.15, 0.2) is 29.3 Å². The molecular weight excluding hydrogens is 367 g/mol. The van der Waals surface area contributed by atoms with Crippen LogP contribution in [0.4, 0.5) is 13.2 Å². The Kier molecular flexibility index (Phi) is 6.22. The number of benzene rings is 1. The summed E-state index contributed by atoms with van der Waals surface area (Å²) in [5, 5.41) is 6.74. The van der Waals surface area contributed by atoms with E-state index in [1.165, 1.54) is 31.4 Å². The minimum atomic E-state index is -4.31. The summed E-state index contributed by atoms with van der Waals surface area (Å²) in [6, 6.07) is 5.72. The predicted octanol–water partition coefficient (Wildman–Crippen LogP) is 4.11. The SMILES string of the molecule is CN=C(NCC1(CCOC)CCC1)NCC1(c2cccc(C(F)(F)F)c2)CC1. The first-order valence-corrected chi connectivity index (χ1v) is 9.94. The third kappa shape index (κ3) is 4.80. The number of hydrogen-bond acceptors (Lipinski definition) is 2. The first-order valence-electron chi connectivity index (χ1n) is 9.94. The minimum Gasteiger partial charge on any atom is -0.385 e. The smallest absolute Gasteiger partial charge is 0.385 e. The van der Waals surface area contributed by atoms with E-state index in [1.54, 1.807) is 20.2 Å². The molecule has 1 aromatic rings. The molecule has 0 radical (unpaired) electrons. The van der Waals surface area contributed by atoms with E-state index in [0.29, 0.717) is 12.5 Å². The van der Waals surface area contributed by atoms with Crippen molar-refractivity contribution in [3.63, 3.8) is 0 Å². The van der Waals surface area contributed by atoms with Gasteiger partial charge in [-0.05, 0) is 49.1 Å². The number of rotatable bonds is 8. The summed E-state index contributed by atoms with van der Waals surface area (Å²) in [7, 11) is 3.45. The first-order chi connectivity index (χ1) is 13.3. The van der Waals surface area contributed by atoms with Crippen LogP contribution in [0.5, 0.6) is 0 Å². The van der Waals surface area contributed by atoms with Crippen LogP contribution in [-0.2, 0) is 16.3 Å². The van der Waals surface area contributed by atoms with Crippen molar-refractivity contribution in [1.82, 2.24) is 10.6 Å². The maximum atomic E-state index is 13.0. The summed E-state index contributed by atoms with van der Waals surface area (Å²) in [6.45, 7) is 2.18. The average molecular weight is 397 g/mol. The van der Waals surface area contributed by atoms with E-state index in [-0.39, 0.29) is 10.8 Å². The third-order valence-corrected chi connectivity index (χ3v) is 6.36. The van der Waals surface area contributed by atoms with Crippen LogP contribution >= 0.6 is 0 Å². The van der Waals surface area contributed by atoms with Gasteiger partial charge in [0.1, 0.15) is 0 Å². The van der Waals surface area contributed by atoms with E-state index < -0.39 is 11.7 Å². The third-order valence-electron chi connectivity index (χ3n) is 6.36. The fraction of sp³-hybridized carbons (Fsp3) is 0.667. The number of nitrogens with one attached hydrogen (secondary N) is 2. The molecule has 28 heavy (non-hydrogen) atoms. The highest BCUT2D eigenvalue weighted by molar-refractivity contribution is 5.79. The molecule has 0 amide bonds. The Balaban J connectivity index is 1.56. The highest BCUT2D eigenvalue weighted by atomic mass is 19.4. The van der Waals surface area contributed by atoms with Crippen LogP contribution in [0.2, 0.25) is 0 Å². The number of aliphatic imine (C=N–C) groups is 1. The van der Waals surface area contributed by atoms with Gasteiger partial charge in [-0.2, -0.15) is 13.2 Å². The molecule has 0 aliphatic heterocycles. The Labute approximate surface area is 164 Å². The van der Waals surface area contributed by atoms with Gasteiger partial charge in [-0.3, -0.25) is 4.99 Å². The average Bonchev–Trinajstić information content (AvgIpc) is 3.43. The van der Waals surface area contributed by atoms with Gasteiger partial charge >= 0.3 is 6.18 Å². The number of hydrogen-bond donors (Lipinski definition) is 2. The van der Waals surface area contributed by atoms with Gasteiger partial charge in [0.05, 0.1) is 5.56 Å². The van der Waals surface area contributed by atoms with Gasteiger partial charge in [0.25, 0.3) is 0 Å². The van der Waals surface area contributed by atoms with Crippen molar-refractivity contribution in [1.29, 1.82) is 0 Å². The van der Waals surface area contributed by atoms with Crippen molar-refractivity contribution < 1.29 is 17.9 Å². The Hall–Kier alpha value is -1.76.